The molecule has 9 heteroatoms. The molecule has 2 aromatic rings. The largest absolute Gasteiger partial charge is 0.476 e. The van der Waals surface area contributed by atoms with Crippen LogP contribution in [0.1, 0.15) is 10.5 Å². The molecule has 2 rings (SSSR count). The second kappa shape index (κ2) is 4.86. The molecule has 0 spiro atoms. The van der Waals surface area contributed by atoms with Crippen LogP contribution in [0.2, 0.25) is 5.02 Å². The van der Waals surface area contributed by atoms with Crippen molar-refractivity contribution in [1.29, 1.82) is 0 Å². The summed E-state index contributed by atoms with van der Waals surface area (Å²) in [5.41, 5.74) is -1.17. The van der Waals surface area contributed by atoms with Gasteiger partial charge in [-0.2, -0.15) is 0 Å². The minimum absolute atomic E-state index is 0.448. The molecule has 0 fully saturated rings. The standard InChI is InChI=1S/C10H2BrClF3NO3/c11-5-4(3-1-2(10(17)18)16-19-3)7(13)9(15)6(12)8(5)14/h1H,(H,17,18). The van der Waals surface area contributed by atoms with Gasteiger partial charge >= 0.3 is 5.97 Å². The summed E-state index contributed by atoms with van der Waals surface area (Å²) in [6, 6.07) is 0.832. The lowest BCUT2D eigenvalue weighted by Crippen LogP contribution is -1.97. The highest BCUT2D eigenvalue weighted by Crippen LogP contribution is 2.38. The van der Waals surface area contributed by atoms with E-state index < -0.39 is 49.9 Å². The maximum Gasteiger partial charge on any atom is 0.358 e. The zero-order valence-corrected chi connectivity index (χ0v) is 11.0. The topological polar surface area (TPSA) is 63.3 Å². The Balaban J connectivity index is 2.71. The Bertz CT molecular complexity index is 660. The second-order valence-electron chi connectivity index (χ2n) is 3.33. The van der Waals surface area contributed by atoms with Crippen molar-refractivity contribution in [3.05, 3.63) is 38.7 Å². The third kappa shape index (κ3) is 2.21. The summed E-state index contributed by atoms with van der Waals surface area (Å²) in [6.07, 6.45) is 0. The quantitative estimate of drug-likeness (QED) is 0.655. The fourth-order valence-electron chi connectivity index (χ4n) is 1.32. The van der Waals surface area contributed by atoms with Crippen molar-refractivity contribution in [2.45, 2.75) is 0 Å². The van der Waals surface area contributed by atoms with Crippen molar-refractivity contribution in [2.75, 3.05) is 0 Å². The lowest BCUT2D eigenvalue weighted by Gasteiger charge is -2.06. The zero-order chi connectivity index (χ0) is 14.3. The molecular weight excluding hydrogens is 354 g/mol. The maximum atomic E-state index is 13.7. The summed E-state index contributed by atoms with van der Waals surface area (Å²) < 4.78 is 44.6. The van der Waals surface area contributed by atoms with Crippen molar-refractivity contribution >= 4 is 33.5 Å². The maximum absolute atomic E-state index is 13.7. The van der Waals surface area contributed by atoms with E-state index in [0.717, 1.165) is 6.07 Å². The zero-order valence-electron chi connectivity index (χ0n) is 8.68. The van der Waals surface area contributed by atoms with Gasteiger partial charge in [0.05, 0.1) is 10.0 Å². The molecular formula is C10H2BrClF3NO3. The van der Waals surface area contributed by atoms with E-state index in [-0.39, 0.29) is 0 Å². The monoisotopic (exact) mass is 355 g/mol. The molecule has 1 aromatic heterocycles. The Morgan fingerprint density at radius 1 is 1.32 bits per heavy atom. The Labute approximate surface area is 116 Å². The van der Waals surface area contributed by atoms with E-state index in [9.17, 15) is 18.0 Å². The highest BCUT2D eigenvalue weighted by atomic mass is 79.9. The lowest BCUT2D eigenvalue weighted by atomic mass is 10.1. The number of carboxylic acids is 1. The molecule has 0 saturated carbocycles. The first-order chi connectivity index (χ1) is 8.84. The molecule has 4 nitrogen and oxygen atoms in total. The first-order valence-corrected chi connectivity index (χ1v) is 5.73. The van der Waals surface area contributed by atoms with Crippen LogP contribution in [-0.4, -0.2) is 16.2 Å². The summed E-state index contributed by atoms with van der Waals surface area (Å²) in [4.78, 5) is 10.6. The molecule has 0 radical (unpaired) electrons. The van der Waals surface area contributed by atoms with Gasteiger partial charge in [-0.15, -0.1) is 0 Å². The molecule has 1 N–H and O–H groups in total. The Hall–Kier alpha value is -1.54. The van der Waals surface area contributed by atoms with Crippen molar-refractivity contribution in [2.24, 2.45) is 0 Å². The number of halogens is 5. The van der Waals surface area contributed by atoms with Gasteiger partial charge in [0.15, 0.2) is 28.9 Å². The van der Waals surface area contributed by atoms with Gasteiger partial charge in [0.25, 0.3) is 0 Å². The van der Waals surface area contributed by atoms with E-state index in [2.05, 4.69) is 25.6 Å². The van der Waals surface area contributed by atoms with Crippen LogP contribution in [0.5, 0.6) is 0 Å². The van der Waals surface area contributed by atoms with E-state index in [1.165, 1.54) is 0 Å². The van der Waals surface area contributed by atoms with Gasteiger partial charge < -0.3 is 9.63 Å². The van der Waals surface area contributed by atoms with Crippen LogP contribution in [0.3, 0.4) is 0 Å². The molecule has 0 bridgehead atoms. The fourth-order valence-corrected chi connectivity index (χ4v) is 2.17. The molecule has 0 amide bonds. The molecule has 0 atom stereocenters. The molecule has 0 aliphatic heterocycles. The highest BCUT2D eigenvalue weighted by molar-refractivity contribution is 9.10. The molecule has 0 aliphatic rings. The number of rotatable bonds is 2. The first-order valence-electron chi connectivity index (χ1n) is 4.56. The summed E-state index contributed by atoms with van der Waals surface area (Å²) >= 11 is 7.94. The van der Waals surface area contributed by atoms with Crippen LogP contribution in [0.15, 0.2) is 15.1 Å². The van der Waals surface area contributed by atoms with Gasteiger partial charge in [-0.3, -0.25) is 0 Å². The first kappa shape index (κ1) is 13.9. The number of benzene rings is 1. The Morgan fingerprint density at radius 3 is 2.47 bits per heavy atom. The number of hydrogen-bond donors (Lipinski definition) is 1. The van der Waals surface area contributed by atoms with Gasteiger partial charge in [-0.1, -0.05) is 16.8 Å². The number of carbonyl (C=O) groups is 1. The number of aromatic nitrogens is 1. The molecule has 19 heavy (non-hydrogen) atoms. The average Bonchev–Trinajstić information content (AvgIpc) is 2.84. The third-order valence-corrected chi connectivity index (χ3v) is 3.26. The Morgan fingerprint density at radius 2 is 1.95 bits per heavy atom. The van der Waals surface area contributed by atoms with Crippen LogP contribution in [-0.2, 0) is 0 Å². The van der Waals surface area contributed by atoms with E-state index in [1.807, 2.05) is 0 Å². The smallest absolute Gasteiger partial charge is 0.358 e. The van der Waals surface area contributed by atoms with Gasteiger partial charge in [0, 0.05) is 6.07 Å². The van der Waals surface area contributed by atoms with Gasteiger partial charge in [0.2, 0.25) is 0 Å². The van der Waals surface area contributed by atoms with Crippen molar-refractivity contribution in [1.82, 2.24) is 5.16 Å². The fraction of sp³-hybridized carbons (Fsp3) is 0. The summed E-state index contributed by atoms with van der Waals surface area (Å²) in [5.74, 6) is -6.20. The minimum atomic E-state index is -1.61. The van der Waals surface area contributed by atoms with Crippen LogP contribution in [0.4, 0.5) is 13.2 Å². The molecule has 0 aliphatic carbocycles. The Kier molecular flexibility index (Phi) is 3.55. The number of aromatic carboxylic acids is 1. The van der Waals surface area contributed by atoms with Crippen LogP contribution < -0.4 is 0 Å². The predicted molar refractivity (Wildman–Crippen MR) is 61.5 cm³/mol. The highest BCUT2D eigenvalue weighted by Gasteiger charge is 2.26. The van der Waals surface area contributed by atoms with Gasteiger partial charge in [-0.25, -0.2) is 18.0 Å². The van der Waals surface area contributed by atoms with Crippen LogP contribution in [0, 0.1) is 17.5 Å². The number of nitrogens with zero attached hydrogens (tertiary/aromatic N) is 1. The summed E-state index contributed by atoms with van der Waals surface area (Å²) in [5, 5.41) is 10.7. The lowest BCUT2D eigenvalue weighted by molar-refractivity contribution is 0.0686. The predicted octanol–water partition coefficient (Wildman–Crippen LogP) is 3.87. The SMILES string of the molecule is O=C(O)c1cc(-c2c(F)c(F)c(Cl)c(F)c2Br)on1. The number of hydrogen-bond acceptors (Lipinski definition) is 3. The number of carboxylic acid groups (broad SMARTS) is 1. The van der Waals surface area contributed by atoms with E-state index >= 15 is 0 Å². The summed E-state index contributed by atoms with van der Waals surface area (Å²) in [7, 11) is 0. The molecule has 0 unspecified atom stereocenters. The van der Waals surface area contributed by atoms with E-state index in [4.69, 9.17) is 16.7 Å². The van der Waals surface area contributed by atoms with Gasteiger partial charge in [0.1, 0.15) is 5.02 Å². The molecule has 1 aromatic carbocycles. The van der Waals surface area contributed by atoms with Crippen molar-refractivity contribution in [3.8, 4) is 11.3 Å². The van der Waals surface area contributed by atoms with E-state index in [0.29, 0.717) is 0 Å². The normalized spacial score (nSPS) is 10.8. The van der Waals surface area contributed by atoms with E-state index in [1.54, 1.807) is 0 Å². The van der Waals surface area contributed by atoms with Crippen molar-refractivity contribution in [3.63, 3.8) is 0 Å². The second-order valence-corrected chi connectivity index (χ2v) is 4.50. The minimum Gasteiger partial charge on any atom is -0.476 e. The van der Waals surface area contributed by atoms with Gasteiger partial charge in [-0.05, 0) is 15.9 Å². The summed E-state index contributed by atoms with van der Waals surface area (Å²) in [6.45, 7) is 0. The molecule has 1 heterocycles. The van der Waals surface area contributed by atoms with Crippen LogP contribution >= 0.6 is 27.5 Å². The van der Waals surface area contributed by atoms with Crippen LogP contribution in [0.25, 0.3) is 11.3 Å². The molecule has 100 valence electrons. The molecule has 0 saturated heterocycles. The average molecular weight is 356 g/mol. The van der Waals surface area contributed by atoms with Crippen molar-refractivity contribution < 1.29 is 27.6 Å². The third-order valence-electron chi connectivity index (χ3n) is 2.19.